The van der Waals surface area contributed by atoms with Crippen LogP contribution in [0.1, 0.15) is 24.8 Å². The summed E-state index contributed by atoms with van der Waals surface area (Å²) in [6, 6.07) is 11.5. The van der Waals surface area contributed by atoms with E-state index in [1.165, 1.54) is 37.8 Å². The van der Waals surface area contributed by atoms with Crippen LogP contribution < -0.4 is 5.32 Å². The molecule has 78 valence electrons. The van der Waals surface area contributed by atoms with E-state index in [2.05, 4.69) is 35.6 Å². The highest BCUT2D eigenvalue weighted by atomic mass is 35.5. The predicted molar refractivity (Wildman–Crippen MR) is 63.0 cm³/mol. The van der Waals surface area contributed by atoms with Crippen LogP contribution in [0.5, 0.6) is 0 Å². The van der Waals surface area contributed by atoms with Crippen LogP contribution in [-0.2, 0) is 6.42 Å². The first-order chi connectivity index (χ1) is 6.45. The lowest BCUT2D eigenvalue weighted by Crippen LogP contribution is -2.35. The summed E-state index contributed by atoms with van der Waals surface area (Å²) in [5.41, 5.74) is 1.46. The van der Waals surface area contributed by atoms with Gasteiger partial charge in [-0.1, -0.05) is 36.8 Å². The van der Waals surface area contributed by atoms with Crippen LogP contribution in [0.25, 0.3) is 0 Å². The first-order valence-electron chi connectivity index (χ1n) is 5.22. The standard InChI is InChI=1S/C12H17N.ClH/c1-2-6-11(7-3-1)10-12-8-4-5-9-13-12;/h1-3,6-7,12-13H,4-5,8-10H2;1H/t12-;/m0./s1. The van der Waals surface area contributed by atoms with Gasteiger partial charge in [-0.05, 0) is 31.4 Å². The number of hydrogen-bond donors (Lipinski definition) is 1. The summed E-state index contributed by atoms with van der Waals surface area (Å²) in [5, 5.41) is 3.57. The maximum atomic E-state index is 3.57. The van der Waals surface area contributed by atoms with E-state index in [1.807, 2.05) is 0 Å². The molecule has 1 aromatic rings. The lowest BCUT2D eigenvalue weighted by Gasteiger charge is -2.23. The predicted octanol–water partition coefficient (Wildman–Crippen LogP) is 2.79. The van der Waals surface area contributed by atoms with Crippen LogP contribution in [0.4, 0.5) is 0 Å². The fraction of sp³-hybridized carbons (Fsp3) is 0.500. The zero-order valence-electron chi connectivity index (χ0n) is 8.41. The summed E-state index contributed by atoms with van der Waals surface area (Å²) in [5.74, 6) is 0. The summed E-state index contributed by atoms with van der Waals surface area (Å²) in [6.07, 6.45) is 5.28. The summed E-state index contributed by atoms with van der Waals surface area (Å²) in [7, 11) is 0. The van der Waals surface area contributed by atoms with Gasteiger partial charge in [0.2, 0.25) is 0 Å². The minimum absolute atomic E-state index is 0. The number of nitrogens with one attached hydrogen (secondary N) is 1. The Morgan fingerprint density at radius 3 is 2.57 bits per heavy atom. The van der Waals surface area contributed by atoms with Crippen LogP contribution >= 0.6 is 12.4 Å². The molecule has 0 amide bonds. The second-order valence-corrected chi connectivity index (χ2v) is 3.84. The quantitative estimate of drug-likeness (QED) is 0.794. The Morgan fingerprint density at radius 1 is 1.14 bits per heavy atom. The van der Waals surface area contributed by atoms with Gasteiger partial charge >= 0.3 is 0 Å². The third kappa shape index (κ3) is 3.32. The van der Waals surface area contributed by atoms with Gasteiger partial charge < -0.3 is 5.32 Å². The fourth-order valence-corrected chi connectivity index (χ4v) is 2.00. The van der Waals surface area contributed by atoms with E-state index in [9.17, 15) is 0 Å². The van der Waals surface area contributed by atoms with Crippen molar-refractivity contribution in [3.05, 3.63) is 35.9 Å². The third-order valence-corrected chi connectivity index (χ3v) is 2.74. The smallest absolute Gasteiger partial charge is 0.0107 e. The third-order valence-electron chi connectivity index (χ3n) is 2.74. The van der Waals surface area contributed by atoms with Crippen molar-refractivity contribution in [2.24, 2.45) is 0 Å². The zero-order chi connectivity index (χ0) is 8.93. The molecule has 1 aliphatic rings. The van der Waals surface area contributed by atoms with Crippen molar-refractivity contribution in [3.8, 4) is 0 Å². The molecule has 1 aromatic carbocycles. The van der Waals surface area contributed by atoms with Gasteiger partial charge in [0.1, 0.15) is 0 Å². The second-order valence-electron chi connectivity index (χ2n) is 3.84. The van der Waals surface area contributed by atoms with E-state index >= 15 is 0 Å². The molecule has 0 saturated carbocycles. The molecular weight excluding hydrogens is 194 g/mol. The number of halogens is 1. The van der Waals surface area contributed by atoms with E-state index < -0.39 is 0 Å². The molecule has 2 heteroatoms. The zero-order valence-corrected chi connectivity index (χ0v) is 9.22. The Hall–Kier alpha value is -0.530. The Morgan fingerprint density at radius 2 is 1.93 bits per heavy atom. The molecule has 1 saturated heterocycles. The van der Waals surface area contributed by atoms with Crippen LogP contribution in [0, 0.1) is 0 Å². The molecule has 2 rings (SSSR count). The maximum Gasteiger partial charge on any atom is 0.0107 e. The van der Waals surface area contributed by atoms with Crippen molar-refractivity contribution in [1.29, 1.82) is 0 Å². The van der Waals surface area contributed by atoms with E-state index in [-0.39, 0.29) is 12.4 Å². The minimum atomic E-state index is 0. The SMILES string of the molecule is Cl.c1ccc(C[C@@H]2CCCCN2)cc1. The molecule has 1 heterocycles. The molecule has 1 aliphatic heterocycles. The van der Waals surface area contributed by atoms with Gasteiger partial charge in [-0.25, -0.2) is 0 Å². The van der Waals surface area contributed by atoms with Gasteiger partial charge in [0.05, 0.1) is 0 Å². The van der Waals surface area contributed by atoms with Crippen molar-refractivity contribution in [2.45, 2.75) is 31.7 Å². The Balaban J connectivity index is 0.000000980. The molecule has 0 spiro atoms. The molecule has 0 radical (unpaired) electrons. The highest BCUT2D eigenvalue weighted by Crippen LogP contribution is 2.12. The molecule has 1 fully saturated rings. The lowest BCUT2D eigenvalue weighted by molar-refractivity contribution is 0.399. The number of piperidine rings is 1. The van der Waals surface area contributed by atoms with Crippen LogP contribution in [0.15, 0.2) is 30.3 Å². The summed E-state index contributed by atoms with van der Waals surface area (Å²) in [6.45, 7) is 1.21. The summed E-state index contributed by atoms with van der Waals surface area (Å²) >= 11 is 0. The van der Waals surface area contributed by atoms with Gasteiger partial charge in [-0.2, -0.15) is 0 Å². The fourth-order valence-electron chi connectivity index (χ4n) is 2.00. The normalized spacial score (nSPS) is 21.3. The van der Waals surface area contributed by atoms with E-state index in [0.29, 0.717) is 0 Å². The van der Waals surface area contributed by atoms with Gasteiger partial charge in [-0.3, -0.25) is 0 Å². The lowest BCUT2D eigenvalue weighted by atomic mass is 9.98. The van der Waals surface area contributed by atoms with E-state index in [4.69, 9.17) is 0 Å². The largest absolute Gasteiger partial charge is 0.314 e. The summed E-state index contributed by atoms with van der Waals surface area (Å²) < 4.78 is 0. The first kappa shape index (κ1) is 11.5. The molecule has 1 nitrogen and oxygen atoms in total. The topological polar surface area (TPSA) is 12.0 Å². The monoisotopic (exact) mass is 211 g/mol. The number of benzene rings is 1. The van der Waals surface area contributed by atoms with Crippen LogP contribution in [-0.4, -0.2) is 12.6 Å². The number of hydrogen-bond acceptors (Lipinski definition) is 1. The maximum absolute atomic E-state index is 3.57. The first-order valence-corrected chi connectivity index (χ1v) is 5.22. The van der Waals surface area contributed by atoms with Gasteiger partial charge in [-0.15, -0.1) is 12.4 Å². The molecule has 0 aliphatic carbocycles. The molecular formula is C12H18ClN. The minimum Gasteiger partial charge on any atom is -0.314 e. The van der Waals surface area contributed by atoms with Crippen molar-refractivity contribution >= 4 is 12.4 Å². The Bertz CT molecular complexity index is 242. The molecule has 0 bridgehead atoms. The van der Waals surface area contributed by atoms with E-state index in [0.717, 1.165) is 6.04 Å². The molecule has 1 atom stereocenters. The highest BCUT2D eigenvalue weighted by Gasteiger charge is 2.12. The molecule has 0 unspecified atom stereocenters. The number of rotatable bonds is 2. The van der Waals surface area contributed by atoms with Gasteiger partial charge in [0.25, 0.3) is 0 Å². The van der Waals surface area contributed by atoms with E-state index in [1.54, 1.807) is 0 Å². The van der Waals surface area contributed by atoms with Crippen LogP contribution in [0.2, 0.25) is 0 Å². The van der Waals surface area contributed by atoms with Gasteiger partial charge in [0, 0.05) is 6.04 Å². The molecule has 1 N–H and O–H groups in total. The average molecular weight is 212 g/mol. The van der Waals surface area contributed by atoms with Crippen molar-refractivity contribution < 1.29 is 0 Å². The Kier molecular flexibility index (Phi) is 4.99. The second kappa shape index (κ2) is 6.05. The van der Waals surface area contributed by atoms with Crippen molar-refractivity contribution in [3.63, 3.8) is 0 Å². The van der Waals surface area contributed by atoms with Crippen molar-refractivity contribution in [1.82, 2.24) is 5.32 Å². The molecule has 14 heavy (non-hydrogen) atoms. The Labute approximate surface area is 92.3 Å². The molecule has 0 aromatic heterocycles. The van der Waals surface area contributed by atoms with Crippen molar-refractivity contribution in [2.75, 3.05) is 6.54 Å². The van der Waals surface area contributed by atoms with Gasteiger partial charge in [0.15, 0.2) is 0 Å². The summed E-state index contributed by atoms with van der Waals surface area (Å²) in [4.78, 5) is 0. The highest BCUT2D eigenvalue weighted by molar-refractivity contribution is 5.85. The average Bonchev–Trinajstić information content (AvgIpc) is 2.21. The van der Waals surface area contributed by atoms with Crippen LogP contribution in [0.3, 0.4) is 0 Å².